The van der Waals surface area contributed by atoms with Crippen LogP contribution in [0.1, 0.15) is 55.4 Å². The Morgan fingerprint density at radius 1 is 1.41 bits per heavy atom. The monoisotopic (exact) mass is 232 g/mol. The maximum Gasteiger partial charge on any atom is 0.256 e. The Hall–Kier alpha value is -1.38. The second-order valence-corrected chi connectivity index (χ2v) is 4.93. The van der Waals surface area contributed by atoms with Gasteiger partial charge in [0.1, 0.15) is 0 Å². The van der Waals surface area contributed by atoms with E-state index >= 15 is 0 Å². The molecular formula is C14H20N2O. The van der Waals surface area contributed by atoms with Gasteiger partial charge in [0.2, 0.25) is 0 Å². The van der Waals surface area contributed by atoms with Crippen molar-refractivity contribution in [2.75, 3.05) is 0 Å². The zero-order valence-electron chi connectivity index (χ0n) is 10.9. The lowest BCUT2D eigenvalue weighted by atomic mass is 10.1. The first-order chi connectivity index (χ1) is 8.13. The quantitative estimate of drug-likeness (QED) is 0.799. The predicted octanol–water partition coefficient (Wildman–Crippen LogP) is 2.79. The van der Waals surface area contributed by atoms with Crippen molar-refractivity contribution >= 4 is 5.91 Å². The number of hydrogen-bond acceptors (Lipinski definition) is 2. The third-order valence-corrected chi connectivity index (χ3v) is 3.25. The number of rotatable bonds is 4. The van der Waals surface area contributed by atoms with Crippen LogP contribution in [-0.4, -0.2) is 21.8 Å². The molecule has 3 heteroatoms. The number of nitrogens with zero attached hydrogens (tertiary/aromatic N) is 2. The van der Waals surface area contributed by atoms with Crippen LogP contribution in [0.25, 0.3) is 0 Å². The fourth-order valence-electron chi connectivity index (χ4n) is 2.16. The van der Waals surface area contributed by atoms with E-state index in [9.17, 15) is 4.79 Å². The van der Waals surface area contributed by atoms with Gasteiger partial charge < -0.3 is 4.90 Å². The lowest BCUT2D eigenvalue weighted by molar-refractivity contribution is 0.0730. The molecule has 1 aliphatic rings. The summed E-state index contributed by atoms with van der Waals surface area (Å²) in [6.07, 6.45) is 3.35. The fraction of sp³-hybridized carbons (Fsp3) is 0.571. The van der Waals surface area contributed by atoms with Gasteiger partial charge in [0.25, 0.3) is 5.91 Å². The zero-order chi connectivity index (χ0) is 12.4. The summed E-state index contributed by atoms with van der Waals surface area (Å²) < 4.78 is 0. The van der Waals surface area contributed by atoms with E-state index in [0.29, 0.717) is 6.54 Å². The van der Waals surface area contributed by atoms with Gasteiger partial charge in [-0.2, -0.15) is 0 Å². The zero-order valence-corrected chi connectivity index (χ0v) is 10.9. The SMILES string of the molecule is CCCCc1ccc2c(n1)CN(C(C)C)C2=O. The first-order valence-corrected chi connectivity index (χ1v) is 6.43. The van der Waals surface area contributed by atoms with Crippen LogP contribution in [0.3, 0.4) is 0 Å². The van der Waals surface area contributed by atoms with Gasteiger partial charge in [-0.25, -0.2) is 0 Å². The van der Waals surface area contributed by atoms with Crippen molar-refractivity contribution in [1.29, 1.82) is 0 Å². The van der Waals surface area contributed by atoms with Crippen LogP contribution in [0.2, 0.25) is 0 Å². The predicted molar refractivity (Wildman–Crippen MR) is 67.9 cm³/mol. The number of aromatic nitrogens is 1. The van der Waals surface area contributed by atoms with Crippen LogP contribution < -0.4 is 0 Å². The minimum Gasteiger partial charge on any atom is -0.330 e. The highest BCUT2D eigenvalue weighted by Crippen LogP contribution is 2.23. The van der Waals surface area contributed by atoms with E-state index in [2.05, 4.69) is 11.9 Å². The van der Waals surface area contributed by atoms with E-state index in [0.717, 1.165) is 29.8 Å². The highest BCUT2D eigenvalue weighted by Gasteiger charge is 2.30. The van der Waals surface area contributed by atoms with E-state index < -0.39 is 0 Å². The molecule has 0 atom stereocenters. The molecule has 0 bridgehead atoms. The maximum absolute atomic E-state index is 12.0. The Morgan fingerprint density at radius 3 is 2.82 bits per heavy atom. The van der Waals surface area contributed by atoms with Gasteiger partial charge in [0.05, 0.1) is 17.8 Å². The number of aryl methyl sites for hydroxylation is 1. The standard InChI is InChI=1S/C14H20N2O/c1-4-5-6-11-7-8-12-13(15-11)9-16(10(2)3)14(12)17/h7-8,10H,4-6,9H2,1-3H3. The molecule has 3 nitrogen and oxygen atoms in total. The highest BCUT2D eigenvalue weighted by molar-refractivity contribution is 5.97. The number of carbonyl (C=O) groups excluding carboxylic acids is 1. The number of unbranched alkanes of at least 4 members (excludes halogenated alkanes) is 1. The average molecular weight is 232 g/mol. The summed E-state index contributed by atoms with van der Waals surface area (Å²) in [5.41, 5.74) is 2.86. The Balaban J connectivity index is 2.20. The van der Waals surface area contributed by atoms with E-state index in [-0.39, 0.29) is 11.9 Å². The molecule has 0 aromatic carbocycles. The normalized spacial score (nSPS) is 14.6. The Morgan fingerprint density at radius 2 is 2.18 bits per heavy atom. The van der Waals surface area contributed by atoms with E-state index in [4.69, 9.17) is 0 Å². The van der Waals surface area contributed by atoms with E-state index in [1.165, 1.54) is 6.42 Å². The Kier molecular flexibility index (Phi) is 3.46. The molecular weight excluding hydrogens is 212 g/mol. The molecule has 0 spiro atoms. The summed E-state index contributed by atoms with van der Waals surface area (Å²) in [6.45, 7) is 6.94. The molecule has 0 N–H and O–H groups in total. The lowest BCUT2D eigenvalue weighted by Crippen LogP contribution is -2.30. The first-order valence-electron chi connectivity index (χ1n) is 6.43. The van der Waals surface area contributed by atoms with Crippen LogP contribution >= 0.6 is 0 Å². The number of pyridine rings is 1. The van der Waals surface area contributed by atoms with Crippen molar-refractivity contribution < 1.29 is 4.79 Å². The third kappa shape index (κ3) is 2.33. The maximum atomic E-state index is 12.0. The summed E-state index contributed by atoms with van der Waals surface area (Å²) >= 11 is 0. The van der Waals surface area contributed by atoms with Gasteiger partial charge >= 0.3 is 0 Å². The van der Waals surface area contributed by atoms with Crippen molar-refractivity contribution in [3.05, 3.63) is 29.1 Å². The minimum atomic E-state index is 0.129. The number of hydrogen-bond donors (Lipinski definition) is 0. The molecule has 0 unspecified atom stereocenters. The van der Waals surface area contributed by atoms with Crippen molar-refractivity contribution in [3.8, 4) is 0 Å². The van der Waals surface area contributed by atoms with Crippen molar-refractivity contribution in [3.63, 3.8) is 0 Å². The summed E-state index contributed by atoms with van der Waals surface area (Å²) in [5, 5.41) is 0. The first kappa shape index (κ1) is 12.1. The molecule has 0 radical (unpaired) electrons. The molecule has 1 aromatic heterocycles. The number of fused-ring (bicyclic) bond motifs is 1. The molecule has 2 rings (SSSR count). The molecule has 2 heterocycles. The summed E-state index contributed by atoms with van der Waals surface area (Å²) in [6, 6.07) is 4.18. The molecule has 17 heavy (non-hydrogen) atoms. The number of carbonyl (C=O) groups is 1. The fourth-order valence-corrected chi connectivity index (χ4v) is 2.16. The topological polar surface area (TPSA) is 33.2 Å². The van der Waals surface area contributed by atoms with E-state index in [1.807, 2.05) is 30.9 Å². The Bertz CT molecular complexity index is 426. The highest BCUT2D eigenvalue weighted by atomic mass is 16.2. The van der Waals surface area contributed by atoms with Crippen molar-refractivity contribution in [1.82, 2.24) is 9.88 Å². The van der Waals surface area contributed by atoms with Crippen LogP contribution in [0.5, 0.6) is 0 Å². The smallest absolute Gasteiger partial charge is 0.256 e. The van der Waals surface area contributed by atoms with Crippen LogP contribution in [0.15, 0.2) is 12.1 Å². The molecule has 0 aliphatic carbocycles. The van der Waals surface area contributed by atoms with Gasteiger partial charge in [-0.1, -0.05) is 13.3 Å². The van der Waals surface area contributed by atoms with E-state index in [1.54, 1.807) is 0 Å². The molecule has 1 aliphatic heterocycles. The summed E-state index contributed by atoms with van der Waals surface area (Å²) in [5.74, 6) is 0.129. The molecule has 0 saturated heterocycles. The van der Waals surface area contributed by atoms with Crippen molar-refractivity contribution in [2.45, 2.75) is 52.6 Å². The molecule has 0 fully saturated rings. The average Bonchev–Trinajstić information content (AvgIpc) is 2.64. The van der Waals surface area contributed by atoms with Crippen LogP contribution in [0, 0.1) is 0 Å². The van der Waals surface area contributed by atoms with Gasteiger partial charge in [0, 0.05) is 11.7 Å². The molecule has 92 valence electrons. The van der Waals surface area contributed by atoms with Crippen LogP contribution in [-0.2, 0) is 13.0 Å². The van der Waals surface area contributed by atoms with Gasteiger partial charge in [0.15, 0.2) is 0 Å². The second-order valence-electron chi connectivity index (χ2n) is 4.93. The van der Waals surface area contributed by atoms with Crippen molar-refractivity contribution in [2.24, 2.45) is 0 Å². The van der Waals surface area contributed by atoms with Gasteiger partial charge in [-0.15, -0.1) is 0 Å². The summed E-state index contributed by atoms with van der Waals surface area (Å²) in [7, 11) is 0. The summed E-state index contributed by atoms with van der Waals surface area (Å²) in [4.78, 5) is 18.5. The minimum absolute atomic E-state index is 0.129. The lowest BCUT2D eigenvalue weighted by Gasteiger charge is -2.19. The second kappa shape index (κ2) is 4.86. The number of amides is 1. The van der Waals surface area contributed by atoms with Gasteiger partial charge in [-0.3, -0.25) is 9.78 Å². The van der Waals surface area contributed by atoms with Crippen LogP contribution in [0.4, 0.5) is 0 Å². The van der Waals surface area contributed by atoms with Gasteiger partial charge in [-0.05, 0) is 38.8 Å². The third-order valence-electron chi connectivity index (χ3n) is 3.25. The molecule has 1 amide bonds. The Labute approximate surface area is 103 Å². The molecule has 0 saturated carbocycles. The molecule has 1 aromatic rings. The largest absolute Gasteiger partial charge is 0.330 e.